The number of likely N-dealkylation sites (N-methyl/N-ethyl adjacent to an activating group) is 1. The topological polar surface area (TPSA) is 149 Å². The largest absolute Gasteiger partial charge is 0.390 e. The summed E-state index contributed by atoms with van der Waals surface area (Å²) in [4.78, 5) is 11.9. The second-order valence-electron chi connectivity index (χ2n) is 6.48. The highest BCUT2D eigenvalue weighted by molar-refractivity contribution is 7.89. The first-order valence-electron chi connectivity index (χ1n) is 8.59. The van der Waals surface area contributed by atoms with Gasteiger partial charge in [0, 0.05) is 31.4 Å². The molecule has 0 aliphatic carbocycles. The van der Waals surface area contributed by atoms with Crippen molar-refractivity contribution >= 4 is 27.5 Å². The third-order valence-corrected chi connectivity index (χ3v) is 6.42. The lowest BCUT2D eigenvalue weighted by molar-refractivity contribution is -0.124. The first kappa shape index (κ1) is 22.9. The van der Waals surface area contributed by atoms with Gasteiger partial charge in [-0.2, -0.15) is 4.31 Å². The lowest BCUT2D eigenvalue weighted by atomic mass is 10.2. The Kier molecular flexibility index (Phi) is 8.20. The summed E-state index contributed by atoms with van der Waals surface area (Å²) in [6, 6.07) is 5.81. The van der Waals surface area contributed by atoms with Crippen LogP contribution in [0.3, 0.4) is 0 Å². The van der Waals surface area contributed by atoms with E-state index in [4.69, 9.17) is 11.1 Å². The summed E-state index contributed by atoms with van der Waals surface area (Å²) in [6.45, 7) is 4.41. The molecule has 0 aliphatic rings. The van der Waals surface area contributed by atoms with E-state index < -0.39 is 33.3 Å². The van der Waals surface area contributed by atoms with Crippen LogP contribution >= 0.6 is 0 Å². The van der Waals surface area contributed by atoms with Crippen molar-refractivity contribution in [3.05, 3.63) is 29.8 Å². The molecule has 1 amide bonds. The Morgan fingerprint density at radius 2 is 1.81 bits per heavy atom. The van der Waals surface area contributed by atoms with Crippen LogP contribution < -0.4 is 16.4 Å². The number of hydrogen-bond acceptors (Lipinski definition) is 6. The van der Waals surface area contributed by atoms with E-state index in [2.05, 4.69) is 10.6 Å². The molecule has 1 aromatic rings. The van der Waals surface area contributed by atoms with Gasteiger partial charge in [-0.3, -0.25) is 10.2 Å². The van der Waals surface area contributed by atoms with E-state index in [1.807, 2.05) is 0 Å². The number of aliphatic hydroxyl groups excluding tert-OH is 1. The number of rotatable bonds is 10. The molecule has 0 spiro atoms. The second kappa shape index (κ2) is 9.67. The van der Waals surface area contributed by atoms with Gasteiger partial charge in [0.1, 0.15) is 11.9 Å². The number of nitrogens with two attached hydrogens (primary N) is 1. The molecule has 0 heterocycles. The van der Waals surface area contributed by atoms with Crippen LogP contribution in [-0.4, -0.2) is 67.1 Å². The maximum atomic E-state index is 12.6. The van der Waals surface area contributed by atoms with Gasteiger partial charge in [0.05, 0.1) is 11.4 Å². The summed E-state index contributed by atoms with van der Waals surface area (Å²) in [7, 11) is -2.31. The van der Waals surface area contributed by atoms with Crippen molar-refractivity contribution in [2.75, 3.05) is 25.5 Å². The highest BCUT2D eigenvalue weighted by Gasteiger charge is 2.34. The summed E-state index contributed by atoms with van der Waals surface area (Å²) < 4.78 is 26.2. The third kappa shape index (κ3) is 6.19. The molecule has 0 saturated heterocycles. The fourth-order valence-corrected chi connectivity index (χ4v) is 3.83. The number of nitrogens with zero attached hydrogens (tertiary/aromatic N) is 1. The van der Waals surface area contributed by atoms with Gasteiger partial charge in [0.25, 0.3) is 0 Å². The van der Waals surface area contributed by atoms with Crippen molar-refractivity contribution in [3.63, 3.8) is 0 Å². The number of benzene rings is 1. The van der Waals surface area contributed by atoms with Crippen LogP contribution in [0.2, 0.25) is 0 Å². The quantitative estimate of drug-likeness (QED) is 0.274. The van der Waals surface area contributed by atoms with Crippen LogP contribution in [0.1, 0.15) is 26.3 Å². The smallest absolute Gasteiger partial charge is 0.237 e. The molecule has 1 rings (SSSR count). The SMILES string of the molecule is CNC(=O)C(C)N(CC(O)CNc1ccc(C(=N)N)cc1)S(=O)(=O)C(C)C. The van der Waals surface area contributed by atoms with E-state index in [1.54, 1.807) is 24.3 Å². The molecule has 1 aromatic carbocycles. The highest BCUT2D eigenvalue weighted by atomic mass is 32.2. The molecule has 0 fully saturated rings. The molecule has 2 atom stereocenters. The lowest BCUT2D eigenvalue weighted by Crippen LogP contribution is -2.52. The Bertz CT molecular complexity index is 749. The van der Waals surface area contributed by atoms with E-state index in [0.717, 1.165) is 4.31 Å². The maximum Gasteiger partial charge on any atom is 0.237 e. The zero-order chi connectivity index (χ0) is 20.8. The highest BCUT2D eigenvalue weighted by Crippen LogP contribution is 2.15. The van der Waals surface area contributed by atoms with Crippen LogP contribution in [0.5, 0.6) is 0 Å². The number of aliphatic hydroxyl groups is 1. The van der Waals surface area contributed by atoms with Gasteiger partial charge in [-0.05, 0) is 45.0 Å². The van der Waals surface area contributed by atoms with Crippen molar-refractivity contribution in [1.82, 2.24) is 9.62 Å². The number of sulfonamides is 1. The first-order chi connectivity index (χ1) is 12.5. The van der Waals surface area contributed by atoms with Gasteiger partial charge in [0.15, 0.2) is 0 Å². The van der Waals surface area contributed by atoms with E-state index in [9.17, 15) is 18.3 Å². The summed E-state index contributed by atoms with van der Waals surface area (Å²) in [5.41, 5.74) is 6.67. The number of hydrogen-bond donors (Lipinski definition) is 5. The molecule has 0 aromatic heterocycles. The number of carbonyl (C=O) groups excluding carboxylic acids is 1. The van der Waals surface area contributed by atoms with Crippen molar-refractivity contribution in [2.45, 2.75) is 38.2 Å². The summed E-state index contributed by atoms with van der Waals surface area (Å²) in [5.74, 6) is -0.487. The molecule has 152 valence electrons. The predicted molar refractivity (Wildman–Crippen MR) is 106 cm³/mol. The number of anilines is 1. The minimum Gasteiger partial charge on any atom is -0.390 e. The standard InChI is InChI=1S/C17H29N5O4S/c1-11(2)27(25,26)22(12(3)17(24)20-4)10-15(23)9-21-14-7-5-13(6-8-14)16(18)19/h5-8,11-12,15,21,23H,9-10H2,1-4H3,(H3,18,19)(H,20,24). The minimum atomic E-state index is -3.74. The average molecular weight is 400 g/mol. The van der Waals surface area contributed by atoms with E-state index in [0.29, 0.717) is 11.3 Å². The van der Waals surface area contributed by atoms with Crippen LogP contribution in [0, 0.1) is 5.41 Å². The molecular formula is C17H29N5O4S. The van der Waals surface area contributed by atoms with Gasteiger partial charge in [0.2, 0.25) is 15.9 Å². The number of amidine groups is 1. The maximum absolute atomic E-state index is 12.6. The fraction of sp³-hybridized carbons (Fsp3) is 0.529. The monoisotopic (exact) mass is 399 g/mol. The number of amides is 1. The van der Waals surface area contributed by atoms with Crippen molar-refractivity contribution in [1.29, 1.82) is 5.41 Å². The minimum absolute atomic E-state index is 0.0423. The summed E-state index contributed by atoms with van der Waals surface area (Å²) in [6.07, 6.45) is -1.03. The van der Waals surface area contributed by atoms with Gasteiger partial charge < -0.3 is 21.5 Å². The Labute approximate surface area is 160 Å². The fourth-order valence-electron chi connectivity index (χ4n) is 2.37. The zero-order valence-electron chi connectivity index (χ0n) is 16.1. The van der Waals surface area contributed by atoms with Crippen molar-refractivity contribution in [3.8, 4) is 0 Å². The van der Waals surface area contributed by atoms with Gasteiger partial charge in [-0.1, -0.05) is 0 Å². The van der Waals surface area contributed by atoms with Crippen molar-refractivity contribution in [2.24, 2.45) is 5.73 Å². The van der Waals surface area contributed by atoms with Crippen LogP contribution in [-0.2, 0) is 14.8 Å². The molecule has 6 N–H and O–H groups in total. The Morgan fingerprint density at radius 1 is 1.26 bits per heavy atom. The third-order valence-electron chi connectivity index (χ3n) is 4.11. The molecular weight excluding hydrogens is 370 g/mol. The normalized spacial score (nSPS) is 14.0. The summed E-state index contributed by atoms with van der Waals surface area (Å²) >= 11 is 0. The predicted octanol–water partition coefficient (Wildman–Crippen LogP) is -0.0818. The molecule has 2 unspecified atom stereocenters. The Hall–Kier alpha value is -2.17. The lowest BCUT2D eigenvalue weighted by Gasteiger charge is -2.30. The van der Waals surface area contributed by atoms with Crippen LogP contribution in [0.25, 0.3) is 0 Å². The van der Waals surface area contributed by atoms with E-state index in [1.165, 1.54) is 27.8 Å². The zero-order valence-corrected chi connectivity index (χ0v) is 16.9. The Balaban J connectivity index is 2.82. The molecule has 0 bridgehead atoms. The van der Waals surface area contributed by atoms with Crippen LogP contribution in [0.15, 0.2) is 24.3 Å². The molecule has 0 saturated carbocycles. The molecule has 9 nitrogen and oxygen atoms in total. The molecule has 10 heteroatoms. The van der Waals surface area contributed by atoms with Crippen molar-refractivity contribution < 1.29 is 18.3 Å². The van der Waals surface area contributed by atoms with Crippen LogP contribution in [0.4, 0.5) is 5.69 Å². The van der Waals surface area contributed by atoms with Gasteiger partial charge >= 0.3 is 0 Å². The van der Waals surface area contributed by atoms with Gasteiger partial charge in [-0.25, -0.2) is 8.42 Å². The number of carbonyl (C=O) groups is 1. The van der Waals surface area contributed by atoms with E-state index >= 15 is 0 Å². The molecule has 0 aliphatic heterocycles. The molecule has 0 radical (unpaired) electrons. The average Bonchev–Trinajstić information content (AvgIpc) is 2.63. The Morgan fingerprint density at radius 3 is 2.26 bits per heavy atom. The number of nitrogen functional groups attached to an aromatic ring is 1. The molecule has 27 heavy (non-hydrogen) atoms. The first-order valence-corrected chi connectivity index (χ1v) is 10.1. The summed E-state index contributed by atoms with van der Waals surface area (Å²) in [5, 5.41) is 22.4. The second-order valence-corrected chi connectivity index (χ2v) is 8.92. The van der Waals surface area contributed by atoms with E-state index in [-0.39, 0.29) is 18.9 Å². The number of nitrogens with one attached hydrogen (secondary N) is 3. The van der Waals surface area contributed by atoms with Gasteiger partial charge in [-0.15, -0.1) is 0 Å².